The van der Waals surface area contributed by atoms with Crippen molar-refractivity contribution in [3.63, 3.8) is 0 Å². The average molecular weight is 181 g/mol. The van der Waals surface area contributed by atoms with Crippen molar-refractivity contribution in [2.75, 3.05) is 6.54 Å². The van der Waals surface area contributed by atoms with Crippen molar-refractivity contribution in [1.29, 1.82) is 0 Å². The molecule has 0 aromatic heterocycles. The predicted octanol–water partition coefficient (Wildman–Crippen LogP) is -0.115. The molecule has 0 saturated heterocycles. The summed E-state index contributed by atoms with van der Waals surface area (Å²) >= 11 is 0. The summed E-state index contributed by atoms with van der Waals surface area (Å²) in [5.41, 5.74) is 6.25. The van der Waals surface area contributed by atoms with E-state index in [9.17, 15) is 5.11 Å². The lowest BCUT2D eigenvalue weighted by Gasteiger charge is -2.07. The van der Waals surface area contributed by atoms with Gasteiger partial charge in [0.2, 0.25) is 0 Å². The molecule has 0 aliphatic rings. The highest BCUT2D eigenvalue weighted by atomic mass is 27.0. The van der Waals surface area contributed by atoms with Gasteiger partial charge in [0.05, 0.1) is 6.10 Å². The molecule has 0 amide bonds. The smallest absolute Gasteiger partial charge is 0.187 e. The number of hydrogen-bond acceptors (Lipinski definition) is 2. The Morgan fingerprint density at radius 1 is 1.25 bits per heavy atom. The largest absolute Gasteiger partial charge is 0.388 e. The summed E-state index contributed by atoms with van der Waals surface area (Å²) in [4.78, 5) is 0. The second-order valence-electron chi connectivity index (χ2n) is 2.50. The van der Waals surface area contributed by atoms with E-state index in [0.717, 1.165) is 5.56 Å². The van der Waals surface area contributed by atoms with Crippen molar-refractivity contribution >= 4 is 17.4 Å². The first-order valence-corrected chi connectivity index (χ1v) is 3.77. The van der Waals surface area contributed by atoms with Gasteiger partial charge in [0, 0.05) is 0 Å². The summed E-state index contributed by atoms with van der Waals surface area (Å²) in [5, 5.41) is 9.44. The van der Waals surface area contributed by atoms with Gasteiger partial charge < -0.3 is 10.8 Å². The number of benzene rings is 1. The van der Waals surface area contributed by atoms with Gasteiger partial charge in [-0.1, -0.05) is 30.3 Å². The van der Waals surface area contributed by atoms with Crippen LogP contribution in [0.1, 0.15) is 18.1 Å². The molecule has 1 unspecified atom stereocenters. The summed E-state index contributed by atoms with van der Waals surface area (Å²) in [5.74, 6) is 0. The number of hydrogen-bond donors (Lipinski definition) is 2. The van der Waals surface area contributed by atoms with Crippen LogP contribution in [-0.2, 0) is 0 Å². The Morgan fingerprint density at radius 3 is 2.33 bits per heavy atom. The van der Waals surface area contributed by atoms with Crippen molar-refractivity contribution in [1.82, 2.24) is 0 Å². The van der Waals surface area contributed by atoms with Crippen LogP contribution >= 0.6 is 0 Å². The molecule has 0 spiro atoms. The van der Waals surface area contributed by atoms with Crippen molar-refractivity contribution in [3.05, 3.63) is 35.9 Å². The molecule has 2 nitrogen and oxygen atoms in total. The molecule has 1 rings (SSSR count). The molecule has 0 heterocycles. The summed E-state index contributed by atoms with van der Waals surface area (Å²) in [6.45, 7) is 0.524. The maximum Gasteiger partial charge on any atom is 0.187 e. The number of aliphatic hydroxyl groups is 1. The molecule has 0 aliphatic carbocycles. The Balaban J connectivity index is 0.00000121. The molecule has 0 radical (unpaired) electrons. The number of aliphatic hydroxyl groups excluding tert-OH is 1. The standard InChI is InChI=1S/C9H13NO.Al.3H/c10-7-6-9(11)8-4-2-1-3-5-8;;;;/h1-5,9,11H,6-7,10H2;;;;. The molecule has 1 aromatic carbocycles. The van der Waals surface area contributed by atoms with Crippen LogP contribution in [0.3, 0.4) is 0 Å². The van der Waals surface area contributed by atoms with Crippen LogP contribution in [0.25, 0.3) is 0 Å². The fourth-order valence-corrected chi connectivity index (χ4v) is 1.000. The van der Waals surface area contributed by atoms with E-state index in [0.29, 0.717) is 13.0 Å². The van der Waals surface area contributed by atoms with Crippen LogP contribution < -0.4 is 5.73 Å². The zero-order valence-electron chi connectivity index (χ0n) is 6.40. The van der Waals surface area contributed by atoms with E-state index in [4.69, 9.17) is 5.73 Å². The third-order valence-electron chi connectivity index (χ3n) is 1.62. The van der Waals surface area contributed by atoms with Gasteiger partial charge in [0.25, 0.3) is 0 Å². The van der Waals surface area contributed by atoms with E-state index in [1.54, 1.807) is 0 Å². The number of nitrogens with two attached hydrogens (primary N) is 1. The maximum atomic E-state index is 9.44. The lowest BCUT2D eigenvalue weighted by molar-refractivity contribution is 0.170. The minimum atomic E-state index is -0.402. The Bertz CT molecular complexity index is 203. The Hall–Kier alpha value is -0.328. The third-order valence-corrected chi connectivity index (χ3v) is 1.62. The normalized spacial score (nSPS) is 11.8. The van der Waals surface area contributed by atoms with Crippen LogP contribution in [0.5, 0.6) is 0 Å². The van der Waals surface area contributed by atoms with Crippen molar-refractivity contribution in [2.24, 2.45) is 5.73 Å². The first kappa shape index (κ1) is 11.7. The van der Waals surface area contributed by atoms with E-state index in [1.807, 2.05) is 30.3 Å². The highest BCUT2D eigenvalue weighted by Gasteiger charge is 2.03. The van der Waals surface area contributed by atoms with Crippen LogP contribution in [0.4, 0.5) is 0 Å². The van der Waals surface area contributed by atoms with Gasteiger partial charge in [-0.15, -0.1) is 0 Å². The van der Waals surface area contributed by atoms with Crippen LogP contribution in [0, 0.1) is 0 Å². The SMILES string of the molecule is NCCC(O)c1ccccc1.[AlH3]. The highest BCUT2D eigenvalue weighted by molar-refractivity contribution is 5.75. The monoisotopic (exact) mass is 181 g/mol. The Morgan fingerprint density at radius 2 is 1.83 bits per heavy atom. The molecule has 0 aliphatic heterocycles. The summed E-state index contributed by atoms with van der Waals surface area (Å²) in [7, 11) is 0. The second kappa shape index (κ2) is 6.22. The quantitative estimate of drug-likeness (QED) is 0.639. The maximum absolute atomic E-state index is 9.44. The van der Waals surface area contributed by atoms with Gasteiger partial charge in [-0.05, 0) is 18.5 Å². The molecule has 0 saturated carbocycles. The van der Waals surface area contributed by atoms with Gasteiger partial charge in [-0.25, -0.2) is 0 Å². The van der Waals surface area contributed by atoms with Crippen LogP contribution in [0.15, 0.2) is 30.3 Å². The minimum absolute atomic E-state index is 0. The van der Waals surface area contributed by atoms with E-state index in [1.165, 1.54) is 0 Å². The molecule has 1 atom stereocenters. The van der Waals surface area contributed by atoms with Crippen molar-refractivity contribution < 1.29 is 5.11 Å². The van der Waals surface area contributed by atoms with Gasteiger partial charge in [-0.3, -0.25) is 0 Å². The first-order valence-electron chi connectivity index (χ1n) is 3.77. The van der Waals surface area contributed by atoms with E-state index < -0.39 is 6.10 Å². The molecule has 1 aromatic rings. The zero-order valence-corrected chi connectivity index (χ0v) is 6.40. The molecule has 12 heavy (non-hydrogen) atoms. The Labute approximate surface area is 83.5 Å². The zero-order chi connectivity index (χ0) is 8.10. The average Bonchev–Trinajstić information content (AvgIpc) is 2.07. The van der Waals surface area contributed by atoms with E-state index in [2.05, 4.69) is 0 Å². The lowest BCUT2D eigenvalue weighted by atomic mass is 10.1. The summed E-state index contributed by atoms with van der Waals surface area (Å²) in [6.07, 6.45) is 0.227. The van der Waals surface area contributed by atoms with E-state index >= 15 is 0 Å². The van der Waals surface area contributed by atoms with Gasteiger partial charge in [0.15, 0.2) is 17.4 Å². The second-order valence-corrected chi connectivity index (χ2v) is 2.50. The van der Waals surface area contributed by atoms with Crippen LogP contribution in [-0.4, -0.2) is 29.0 Å². The van der Waals surface area contributed by atoms with Gasteiger partial charge in [0.1, 0.15) is 0 Å². The molecule has 66 valence electrons. The summed E-state index contributed by atoms with van der Waals surface area (Å²) < 4.78 is 0. The first-order chi connectivity index (χ1) is 5.34. The predicted molar refractivity (Wildman–Crippen MR) is 55.0 cm³/mol. The topological polar surface area (TPSA) is 46.2 Å². The lowest BCUT2D eigenvalue weighted by Crippen LogP contribution is -2.06. The van der Waals surface area contributed by atoms with Crippen molar-refractivity contribution in [2.45, 2.75) is 12.5 Å². The fourth-order valence-electron chi connectivity index (χ4n) is 1.000. The molecule has 3 heteroatoms. The van der Waals surface area contributed by atoms with E-state index in [-0.39, 0.29) is 17.4 Å². The molecular formula is C9H16AlNO. The van der Waals surface area contributed by atoms with Gasteiger partial charge >= 0.3 is 0 Å². The molecular weight excluding hydrogens is 165 g/mol. The minimum Gasteiger partial charge on any atom is -0.388 e. The van der Waals surface area contributed by atoms with Gasteiger partial charge in [-0.2, -0.15) is 0 Å². The molecule has 3 N–H and O–H groups in total. The van der Waals surface area contributed by atoms with Crippen molar-refractivity contribution in [3.8, 4) is 0 Å². The van der Waals surface area contributed by atoms with Crippen LogP contribution in [0.2, 0.25) is 0 Å². The Kier molecular flexibility index (Phi) is 6.05. The number of rotatable bonds is 3. The molecule has 0 fully saturated rings. The third kappa shape index (κ3) is 3.38. The molecule has 0 bridgehead atoms. The summed E-state index contributed by atoms with van der Waals surface area (Å²) in [6, 6.07) is 9.56. The fraction of sp³-hybridized carbons (Fsp3) is 0.333. The highest BCUT2D eigenvalue weighted by Crippen LogP contribution is 2.14.